The van der Waals surface area contributed by atoms with Crippen molar-refractivity contribution >= 4 is 17.3 Å². The Bertz CT molecular complexity index is 688. The average molecular weight is 371 g/mol. The summed E-state index contributed by atoms with van der Waals surface area (Å²) in [5.41, 5.74) is 2.77. The minimum Gasteiger partial charge on any atom is -0.352 e. The van der Waals surface area contributed by atoms with Gasteiger partial charge in [-0.1, -0.05) is 37.3 Å². The van der Waals surface area contributed by atoms with Crippen LogP contribution in [0.15, 0.2) is 46.8 Å². The lowest BCUT2D eigenvalue weighted by molar-refractivity contribution is 0.185. The zero-order chi connectivity index (χ0) is 18.2. The van der Waals surface area contributed by atoms with Gasteiger partial charge in [0.2, 0.25) is 0 Å². The van der Waals surface area contributed by atoms with Gasteiger partial charge in [0.25, 0.3) is 0 Å². The predicted molar refractivity (Wildman–Crippen MR) is 111 cm³/mol. The first-order valence-electron chi connectivity index (χ1n) is 9.50. The second-order valence-electron chi connectivity index (χ2n) is 7.09. The summed E-state index contributed by atoms with van der Waals surface area (Å²) in [5, 5.41) is 8.95. The lowest BCUT2D eigenvalue weighted by atomic mass is 9.98. The van der Waals surface area contributed by atoms with Gasteiger partial charge in [-0.3, -0.25) is 9.89 Å². The number of rotatable bonds is 6. The Hall–Kier alpha value is -1.85. The van der Waals surface area contributed by atoms with Crippen LogP contribution in [0, 0.1) is 5.92 Å². The number of hydrogen-bond acceptors (Lipinski definition) is 3. The van der Waals surface area contributed by atoms with E-state index in [1.165, 1.54) is 41.9 Å². The first kappa shape index (κ1) is 18.9. The highest BCUT2D eigenvalue weighted by Gasteiger charge is 2.16. The fourth-order valence-corrected chi connectivity index (χ4v) is 3.97. The number of piperidine rings is 1. The summed E-state index contributed by atoms with van der Waals surface area (Å²) in [5.74, 6) is 1.72. The number of guanidine groups is 1. The molecule has 2 aromatic rings. The van der Waals surface area contributed by atoms with Gasteiger partial charge in [0.05, 0.1) is 6.54 Å². The van der Waals surface area contributed by atoms with Gasteiger partial charge in [-0.2, -0.15) is 0 Å². The zero-order valence-corrected chi connectivity index (χ0v) is 16.7. The van der Waals surface area contributed by atoms with Gasteiger partial charge in [-0.25, -0.2) is 0 Å². The molecule has 0 bridgehead atoms. The Kier molecular flexibility index (Phi) is 7.09. The van der Waals surface area contributed by atoms with Gasteiger partial charge in [-0.05, 0) is 54.4 Å². The molecule has 5 heteroatoms. The zero-order valence-electron chi connectivity index (χ0n) is 15.9. The van der Waals surface area contributed by atoms with Crippen molar-refractivity contribution in [1.29, 1.82) is 0 Å². The van der Waals surface area contributed by atoms with Crippen molar-refractivity contribution in [2.24, 2.45) is 10.9 Å². The van der Waals surface area contributed by atoms with Crippen LogP contribution in [-0.4, -0.2) is 31.0 Å². The van der Waals surface area contributed by atoms with Crippen molar-refractivity contribution in [3.8, 4) is 0 Å². The molecule has 140 valence electrons. The summed E-state index contributed by atoms with van der Waals surface area (Å²) >= 11 is 1.76. The molecule has 1 aromatic heterocycles. The Morgan fingerprint density at radius 3 is 2.50 bits per heavy atom. The number of hydrogen-bond donors (Lipinski definition) is 2. The SMILES string of the molecule is CN=C(NCc1cccs1)NCc1ccccc1CN1CCC(C)CC1. The van der Waals surface area contributed by atoms with E-state index in [9.17, 15) is 0 Å². The van der Waals surface area contributed by atoms with Gasteiger partial charge in [0, 0.05) is 25.0 Å². The van der Waals surface area contributed by atoms with Gasteiger partial charge < -0.3 is 10.6 Å². The van der Waals surface area contributed by atoms with Crippen LogP contribution >= 0.6 is 11.3 Å². The van der Waals surface area contributed by atoms with Crippen LogP contribution in [0.5, 0.6) is 0 Å². The summed E-state index contributed by atoms with van der Waals surface area (Å²) in [6.45, 7) is 7.45. The topological polar surface area (TPSA) is 39.7 Å². The maximum Gasteiger partial charge on any atom is 0.191 e. The smallest absolute Gasteiger partial charge is 0.191 e. The van der Waals surface area contributed by atoms with Crippen molar-refractivity contribution in [2.75, 3.05) is 20.1 Å². The molecule has 1 aliphatic heterocycles. The molecule has 0 saturated carbocycles. The van der Waals surface area contributed by atoms with E-state index in [1.54, 1.807) is 11.3 Å². The molecule has 26 heavy (non-hydrogen) atoms. The highest BCUT2D eigenvalue weighted by Crippen LogP contribution is 2.19. The van der Waals surface area contributed by atoms with E-state index in [-0.39, 0.29) is 0 Å². The molecule has 0 spiro atoms. The van der Waals surface area contributed by atoms with Gasteiger partial charge >= 0.3 is 0 Å². The molecule has 1 aliphatic rings. The molecule has 3 rings (SSSR count). The van der Waals surface area contributed by atoms with Crippen LogP contribution in [0.1, 0.15) is 35.8 Å². The van der Waals surface area contributed by atoms with E-state index in [4.69, 9.17) is 0 Å². The summed E-state index contributed by atoms with van der Waals surface area (Å²) < 4.78 is 0. The molecule has 1 aromatic carbocycles. The normalized spacial score (nSPS) is 16.6. The van der Waals surface area contributed by atoms with Gasteiger partial charge in [0.15, 0.2) is 5.96 Å². The first-order chi connectivity index (χ1) is 12.7. The van der Waals surface area contributed by atoms with Crippen LogP contribution in [0.25, 0.3) is 0 Å². The third-order valence-electron chi connectivity index (χ3n) is 5.07. The van der Waals surface area contributed by atoms with E-state index >= 15 is 0 Å². The van der Waals surface area contributed by atoms with E-state index in [2.05, 4.69) is 69.2 Å². The molecule has 4 nitrogen and oxygen atoms in total. The Labute approximate surface area is 161 Å². The molecule has 2 heterocycles. The van der Waals surface area contributed by atoms with Crippen LogP contribution in [0.3, 0.4) is 0 Å². The fraction of sp³-hybridized carbons (Fsp3) is 0.476. The third-order valence-corrected chi connectivity index (χ3v) is 5.95. The molecule has 0 aliphatic carbocycles. The monoisotopic (exact) mass is 370 g/mol. The van der Waals surface area contributed by atoms with Crippen LogP contribution in [-0.2, 0) is 19.6 Å². The highest BCUT2D eigenvalue weighted by atomic mass is 32.1. The summed E-state index contributed by atoms with van der Waals surface area (Å²) in [4.78, 5) is 8.24. The largest absolute Gasteiger partial charge is 0.352 e. The quantitative estimate of drug-likeness (QED) is 0.599. The van der Waals surface area contributed by atoms with Gasteiger partial charge in [-0.15, -0.1) is 11.3 Å². The van der Waals surface area contributed by atoms with Crippen molar-refractivity contribution in [1.82, 2.24) is 15.5 Å². The standard InChI is InChI=1S/C21H30N4S/c1-17-9-11-25(12-10-17)16-19-7-4-3-6-18(19)14-23-21(22-2)24-15-20-8-5-13-26-20/h3-8,13,17H,9-12,14-16H2,1-2H3,(H2,22,23,24). The fourth-order valence-electron chi connectivity index (χ4n) is 3.33. The third kappa shape index (κ3) is 5.58. The Morgan fingerprint density at radius 1 is 1.08 bits per heavy atom. The molecular formula is C21H30N4S. The molecule has 0 amide bonds. The van der Waals surface area contributed by atoms with Gasteiger partial charge in [0.1, 0.15) is 0 Å². The second-order valence-corrected chi connectivity index (χ2v) is 8.12. The minimum absolute atomic E-state index is 0.796. The van der Waals surface area contributed by atoms with Crippen LogP contribution in [0.2, 0.25) is 0 Å². The molecule has 2 N–H and O–H groups in total. The van der Waals surface area contributed by atoms with E-state index in [1.807, 2.05) is 7.05 Å². The van der Waals surface area contributed by atoms with E-state index in [0.29, 0.717) is 0 Å². The lowest BCUT2D eigenvalue weighted by Gasteiger charge is -2.30. The number of thiophene rings is 1. The predicted octanol–water partition coefficient (Wildman–Crippen LogP) is 3.85. The first-order valence-corrected chi connectivity index (χ1v) is 10.4. The number of likely N-dealkylation sites (tertiary alicyclic amines) is 1. The lowest BCUT2D eigenvalue weighted by Crippen LogP contribution is -2.37. The summed E-state index contributed by atoms with van der Waals surface area (Å²) in [7, 11) is 1.82. The van der Waals surface area contributed by atoms with E-state index < -0.39 is 0 Å². The van der Waals surface area contributed by atoms with E-state index in [0.717, 1.165) is 31.5 Å². The maximum absolute atomic E-state index is 4.34. The number of aliphatic imine (C=N–C) groups is 1. The van der Waals surface area contributed by atoms with Crippen LogP contribution in [0.4, 0.5) is 0 Å². The minimum atomic E-state index is 0.796. The molecule has 0 radical (unpaired) electrons. The molecule has 1 fully saturated rings. The second kappa shape index (κ2) is 9.74. The maximum atomic E-state index is 4.34. The van der Waals surface area contributed by atoms with Crippen LogP contribution < -0.4 is 10.6 Å². The molecule has 0 atom stereocenters. The summed E-state index contributed by atoms with van der Waals surface area (Å²) in [6, 6.07) is 13.0. The van der Waals surface area contributed by atoms with Crippen molar-refractivity contribution < 1.29 is 0 Å². The Morgan fingerprint density at radius 2 is 1.81 bits per heavy atom. The molecular weight excluding hydrogens is 340 g/mol. The summed E-state index contributed by atoms with van der Waals surface area (Å²) in [6.07, 6.45) is 2.64. The number of nitrogens with zero attached hydrogens (tertiary/aromatic N) is 2. The number of benzene rings is 1. The molecule has 1 saturated heterocycles. The average Bonchev–Trinajstić information content (AvgIpc) is 3.18. The van der Waals surface area contributed by atoms with Crippen molar-refractivity contribution in [3.05, 3.63) is 57.8 Å². The molecule has 0 unspecified atom stereocenters. The number of nitrogens with one attached hydrogen (secondary N) is 2. The van der Waals surface area contributed by atoms with Crippen molar-refractivity contribution in [3.63, 3.8) is 0 Å². The Balaban J connectivity index is 1.53. The van der Waals surface area contributed by atoms with Crippen molar-refractivity contribution in [2.45, 2.75) is 39.4 Å². The highest BCUT2D eigenvalue weighted by molar-refractivity contribution is 7.09.